The van der Waals surface area contributed by atoms with E-state index in [0.717, 1.165) is 34.6 Å². The van der Waals surface area contributed by atoms with Gasteiger partial charge in [-0.15, -0.1) is 0 Å². The third kappa shape index (κ3) is 4.60. The second-order valence-electron chi connectivity index (χ2n) is 7.20. The fraction of sp³-hybridized carbons (Fsp3) is 0.409. The van der Waals surface area contributed by atoms with Crippen LogP contribution in [0, 0.1) is 27.7 Å². The largest absolute Gasteiger partial charge is 0.491 e. The maximum Gasteiger partial charge on any atom is 0.161 e. The Labute approximate surface area is 175 Å². The molecule has 6 nitrogen and oxygen atoms in total. The minimum absolute atomic E-state index is 0.229. The molecule has 29 heavy (non-hydrogen) atoms. The summed E-state index contributed by atoms with van der Waals surface area (Å²) in [7, 11) is 0. The van der Waals surface area contributed by atoms with Crippen molar-refractivity contribution in [2.45, 2.75) is 53.6 Å². The maximum absolute atomic E-state index is 9.92. The molecular formula is C22H26ClN3O3. The Morgan fingerprint density at radius 2 is 1.90 bits per heavy atom. The number of rotatable bonds is 7. The molecule has 2 aromatic heterocycles. The van der Waals surface area contributed by atoms with E-state index < -0.39 is 6.10 Å². The number of aromatic nitrogens is 3. The molecule has 3 aromatic rings. The molecule has 3 rings (SSSR count). The van der Waals surface area contributed by atoms with Gasteiger partial charge in [-0.1, -0.05) is 30.1 Å². The average Bonchev–Trinajstić information content (AvgIpc) is 3.02. The number of hydrogen-bond acceptors (Lipinski definition) is 6. The lowest BCUT2D eigenvalue weighted by atomic mass is 10.0. The Bertz CT molecular complexity index is 997. The molecule has 0 saturated carbocycles. The lowest BCUT2D eigenvalue weighted by molar-refractivity contribution is 0.0994. The van der Waals surface area contributed by atoms with Gasteiger partial charge in [0.2, 0.25) is 0 Å². The predicted molar refractivity (Wildman–Crippen MR) is 113 cm³/mol. The second-order valence-corrected chi connectivity index (χ2v) is 7.61. The summed E-state index contributed by atoms with van der Waals surface area (Å²) in [6, 6.07) is 5.34. The van der Waals surface area contributed by atoms with Gasteiger partial charge in [0.05, 0.1) is 28.1 Å². The molecule has 1 aromatic carbocycles. The number of ether oxygens (including phenoxy) is 1. The van der Waals surface area contributed by atoms with Crippen LogP contribution in [0.3, 0.4) is 0 Å². The van der Waals surface area contributed by atoms with Gasteiger partial charge in [-0.25, -0.2) is 9.97 Å². The zero-order chi connectivity index (χ0) is 21.1. The second kappa shape index (κ2) is 8.93. The minimum atomic E-state index is -0.497. The molecule has 0 radical (unpaired) electrons. The molecule has 0 bridgehead atoms. The van der Waals surface area contributed by atoms with Gasteiger partial charge >= 0.3 is 0 Å². The molecular weight excluding hydrogens is 390 g/mol. The van der Waals surface area contributed by atoms with Gasteiger partial charge in [-0.05, 0) is 57.9 Å². The Morgan fingerprint density at radius 3 is 2.55 bits per heavy atom. The summed E-state index contributed by atoms with van der Waals surface area (Å²) in [6.07, 6.45) is 1.10. The van der Waals surface area contributed by atoms with E-state index in [1.54, 1.807) is 12.1 Å². The monoisotopic (exact) mass is 415 g/mol. The van der Waals surface area contributed by atoms with Gasteiger partial charge in [0.15, 0.2) is 5.82 Å². The lowest BCUT2D eigenvalue weighted by Gasteiger charge is -2.14. The predicted octanol–water partition coefficient (Wildman–Crippen LogP) is 5.23. The van der Waals surface area contributed by atoms with Crippen LogP contribution in [0.15, 0.2) is 22.7 Å². The Kier molecular flexibility index (Phi) is 6.55. The molecule has 0 fully saturated rings. The van der Waals surface area contributed by atoms with Gasteiger partial charge in [0.25, 0.3) is 0 Å². The minimum Gasteiger partial charge on any atom is -0.491 e. The first-order valence-corrected chi connectivity index (χ1v) is 10.1. The first-order valence-electron chi connectivity index (χ1n) is 9.71. The van der Waals surface area contributed by atoms with Crippen LogP contribution in [-0.4, -0.2) is 32.9 Å². The van der Waals surface area contributed by atoms with E-state index in [2.05, 4.69) is 10.1 Å². The highest BCUT2D eigenvalue weighted by Gasteiger charge is 2.20. The molecule has 1 atom stereocenters. The molecule has 0 unspecified atom stereocenters. The standard InChI is InChI=1S/C22H26ClN3O3/c1-6-7-16(27)11-28-17-8-9-19(23)18(10-17)22-24-13(3)12(2)21(25-22)20-14(4)26-29-15(20)5/h8-10,16,27H,6-7,11H2,1-5H3/t16-/m1/s1. The van der Waals surface area contributed by atoms with Gasteiger partial charge in [0, 0.05) is 11.3 Å². The van der Waals surface area contributed by atoms with Crippen molar-refractivity contribution < 1.29 is 14.4 Å². The summed E-state index contributed by atoms with van der Waals surface area (Å²) in [4.78, 5) is 9.44. The molecule has 0 spiro atoms. The van der Waals surface area contributed by atoms with E-state index >= 15 is 0 Å². The van der Waals surface area contributed by atoms with Gasteiger partial charge < -0.3 is 14.4 Å². The molecule has 7 heteroatoms. The average molecular weight is 416 g/mol. The van der Waals surface area contributed by atoms with Crippen molar-refractivity contribution in [3.8, 4) is 28.4 Å². The van der Waals surface area contributed by atoms with Crippen molar-refractivity contribution in [2.75, 3.05) is 6.61 Å². The number of benzene rings is 1. The van der Waals surface area contributed by atoms with Crippen LogP contribution in [-0.2, 0) is 0 Å². The highest BCUT2D eigenvalue weighted by molar-refractivity contribution is 6.33. The van der Waals surface area contributed by atoms with Crippen LogP contribution in [0.1, 0.15) is 42.5 Å². The van der Waals surface area contributed by atoms with Crippen LogP contribution in [0.2, 0.25) is 5.02 Å². The van der Waals surface area contributed by atoms with Crippen molar-refractivity contribution in [1.82, 2.24) is 15.1 Å². The lowest BCUT2D eigenvalue weighted by Crippen LogP contribution is -2.16. The normalized spacial score (nSPS) is 12.2. The van der Waals surface area contributed by atoms with E-state index in [9.17, 15) is 5.11 Å². The first kappa shape index (κ1) is 21.3. The Morgan fingerprint density at radius 1 is 1.14 bits per heavy atom. The quantitative estimate of drug-likeness (QED) is 0.569. The zero-order valence-electron chi connectivity index (χ0n) is 17.4. The molecule has 1 N–H and O–H groups in total. The van der Waals surface area contributed by atoms with E-state index in [-0.39, 0.29) is 6.61 Å². The first-order chi connectivity index (χ1) is 13.8. The summed E-state index contributed by atoms with van der Waals surface area (Å²) in [5.41, 5.74) is 4.93. The van der Waals surface area contributed by atoms with Crippen molar-refractivity contribution >= 4 is 11.6 Å². The molecule has 154 valence electrons. The number of halogens is 1. The number of aliphatic hydroxyl groups excluding tert-OH is 1. The smallest absolute Gasteiger partial charge is 0.161 e. The molecule has 0 amide bonds. The highest BCUT2D eigenvalue weighted by Crippen LogP contribution is 2.34. The molecule has 0 aliphatic heterocycles. The van der Waals surface area contributed by atoms with Crippen LogP contribution < -0.4 is 4.74 Å². The third-order valence-corrected chi connectivity index (χ3v) is 5.23. The van der Waals surface area contributed by atoms with Crippen molar-refractivity contribution in [3.05, 3.63) is 45.9 Å². The van der Waals surface area contributed by atoms with Crippen molar-refractivity contribution in [1.29, 1.82) is 0 Å². The van der Waals surface area contributed by atoms with E-state index in [0.29, 0.717) is 34.3 Å². The van der Waals surface area contributed by atoms with Crippen LogP contribution in [0.25, 0.3) is 22.6 Å². The number of aliphatic hydroxyl groups is 1. The van der Waals surface area contributed by atoms with Crippen molar-refractivity contribution in [2.24, 2.45) is 0 Å². The van der Waals surface area contributed by atoms with E-state index in [1.165, 1.54) is 0 Å². The van der Waals surface area contributed by atoms with Gasteiger partial charge in [0.1, 0.15) is 18.1 Å². The topological polar surface area (TPSA) is 81.3 Å². The van der Waals surface area contributed by atoms with Crippen LogP contribution in [0.4, 0.5) is 0 Å². The van der Waals surface area contributed by atoms with Gasteiger partial charge in [-0.3, -0.25) is 0 Å². The molecule has 0 aliphatic carbocycles. The summed E-state index contributed by atoms with van der Waals surface area (Å²) < 4.78 is 11.1. The van der Waals surface area contributed by atoms with Crippen molar-refractivity contribution in [3.63, 3.8) is 0 Å². The number of nitrogens with zero attached hydrogens (tertiary/aromatic N) is 3. The van der Waals surface area contributed by atoms with E-state index in [1.807, 2.05) is 40.7 Å². The summed E-state index contributed by atoms with van der Waals surface area (Å²) in [5.74, 6) is 1.83. The van der Waals surface area contributed by atoms with Crippen LogP contribution >= 0.6 is 11.6 Å². The fourth-order valence-corrected chi connectivity index (χ4v) is 3.39. The van der Waals surface area contributed by atoms with E-state index in [4.69, 9.17) is 25.8 Å². The summed E-state index contributed by atoms with van der Waals surface area (Å²) in [5, 5.41) is 14.5. The van der Waals surface area contributed by atoms with Crippen LogP contribution in [0.5, 0.6) is 5.75 Å². The number of hydrogen-bond donors (Lipinski definition) is 1. The molecule has 2 heterocycles. The summed E-state index contributed by atoms with van der Waals surface area (Å²) in [6.45, 7) is 9.94. The summed E-state index contributed by atoms with van der Waals surface area (Å²) >= 11 is 6.46. The SMILES string of the molecule is CCC[C@@H](O)COc1ccc(Cl)c(-c2nc(C)c(C)c(-c3c(C)noc3C)n2)c1. The maximum atomic E-state index is 9.92. The Hall–Kier alpha value is -2.44. The Balaban J connectivity index is 2.01. The number of aryl methyl sites for hydroxylation is 3. The highest BCUT2D eigenvalue weighted by atomic mass is 35.5. The zero-order valence-corrected chi connectivity index (χ0v) is 18.2. The molecule has 0 aliphatic rings. The third-order valence-electron chi connectivity index (χ3n) is 4.90. The fourth-order valence-electron chi connectivity index (χ4n) is 3.19. The molecule has 0 saturated heterocycles. The van der Waals surface area contributed by atoms with Gasteiger partial charge in [-0.2, -0.15) is 0 Å².